The number of thiophene rings is 1. The summed E-state index contributed by atoms with van der Waals surface area (Å²) in [6.07, 6.45) is 3.30. The minimum atomic E-state index is -0.241. The Kier molecular flexibility index (Phi) is 4.57. The Hall–Kier alpha value is -2.14. The summed E-state index contributed by atoms with van der Waals surface area (Å²) in [6, 6.07) is 11.1. The molecule has 1 amide bonds. The summed E-state index contributed by atoms with van der Waals surface area (Å²) in [5.41, 5.74) is 2.79. The number of hydrogen-bond donors (Lipinski definition) is 0. The van der Waals surface area contributed by atoms with Gasteiger partial charge in [-0.1, -0.05) is 12.1 Å². The van der Waals surface area contributed by atoms with Crippen LogP contribution in [0.3, 0.4) is 0 Å². The van der Waals surface area contributed by atoms with Crippen LogP contribution in [-0.4, -0.2) is 27.5 Å². The molecule has 4 rings (SSSR count). The number of halogens is 1. The molecule has 136 valence electrons. The van der Waals surface area contributed by atoms with Crippen LogP contribution >= 0.6 is 11.3 Å². The Morgan fingerprint density at radius 3 is 2.54 bits per heavy atom. The summed E-state index contributed by atoms with van der Waals surface area (Å²) in [5, 5.41) is 2.05. The van der Waals surface area contributed by atoms with Crippen molar-refractivity contribution in [3.05, 3.63) is 58.9 Å². The first-order valence-electron chi connectivity index (χ1n) is 9.18. The Morgan fingerprint density at radius 1 is 1.15 bits per heavy atom. The second-order valence-corrected chi connectivity index (χ2v) is 8.20. The maximum absolute atomic E-state index is 13.4. The fourth-order valence-electron chi connectivity index (χ4n) is 4.05. The van der Waals surface area contributed by atoms with Gasteiger partial charge in [-0.2, -0.15) is 0 Å². The van der Waals surface area contributed by atoms with Crippen molar-refractivity contribution >= 4 is 27.5 Å². The van der Waals surface area contributed by atoms with Crippen LogP contribution < -0.4 is 0 Å². The lowest BCUT2D eigenvalue weighted by Gasteiger charge is -2.39. The van der Waals surface area contributed by atoms with Gasteiger partial charge in [0.25, 0.3) is 5.91 Å². The van der Waals surface area contributed by atoms with E-state index in [1.54, 1.807) is 23.5 Å². The molecule has 2 aromatic heterocycles. The average Bonchev–Trinajstić information content (AvgIpc) is 3.19. The molecule has 5 heteroatoms. The molecular weight excluding hydrogens is 347 g/mol. The first-order valence-corrected chi connectivity index (χ1v) is 10.1. The molecule has 3 heterocycles. The minimum Gasteiger partial charge on any atom is -0.332 e. The van der Waals surface area contributed by atoms with Crippen molar-refractivity contribution in [2.45, 2.75) is 51.7 Å². The van der Waals surface area contributed by atoms with Gasteiger partial charge in [-0.05, 0) is 68.3 Å². The number of amides is 1. The summed E-state index contributed by atoms with van der Waals surface area (Å²) in [5.74, 6) is -0.135. The molecule has 0 radical (unpaired) electrons. The van der Waals surface area contributed by atoms with E-state index in [1.165, 1.54) is 18.6 Å². The number of fused-ring (bicyclic) bond motifs is 1. The second kappa shape index (κ2) is 6.88. The first kappa shape index (κ1) is 17.3. The normalized spacial score (nSPS) is 20.7. The molecule has 26 heavy (non-hydrogen) atoms. The molecule has 0 bridgehead atoms. The van der Waals surface area contributed by atoms with Crippen molar-refractivity contribution in [2.24, 2.45) is 0 Å². The van der Waals surface area contributed by atoms with Gasteiger partial charge in [0.05, 0.1) is 10.2 Å². The zero-order valence-corrected chi connectivity index (χ0v) is 15.9. The summed E-state index contributed by atoms with van der Waals surface area (Å²) in [4.78, 5) is 15.4. The van der Waals surface area contributed by atoms with Gasteiger partial charge in [-0.15, -0.1) is 11.3 Å². The minimum absolute atomic E-state index is 0.107. The largest absolute Gasteiger partial charge is 0.332 e. The molecular formula is C21H23FN2OS. The Morgan fingerprint density at radius 2 is 1.85 bits per heavy atom. The van der Waals surface area contributed by atoms with Gasteiger partial charge < -0.3 is 9.47 Å². The van der Waals surface area contributed by atoms with E-state index < -0.39 is 0 Å². The number of piperidine rings is 1. The number of rotatable bonds is 3. The lowest BCUT2D eigenvalue weighted by molar-refractivity contribution is 0.0500. The highest BCUT2D eigenvalue weighted by Gasteiger charge is 2.31. The molecule has 1 saturated heterocycles. The van der Waals surface area contributed by atoms with Gasteiger partial charge in [0.1, 0.15) is 11.5 Å². The Labute approximate surface area is 157 Å². The smallest absolute Gasteiger partial charge is 0.271 e. The van der Waals surface area contributed by atoms with Crippen LogP contribution in [0, 0.1) is 5.82 Å². The monoisotopic (exact) mass is 370 g/mol. The summed E-state index contributed by atoms with van der Waals surface area (Å²) in [6.45, 7) is 4.85. The van der Waals surface area contributed by atoms with Crippen LogP contribution in [0.2, 0.25) is 0 Å². The maximum Gasteiger partial charge on any atom is 0.271 e. The van der Waals surface area contributed by atoms with Crippen molar-refractivity contribution in [1.82, 2.24) is 9.47 Å². The standard InChI is InChI=1S/C21H23FN2OS/c1-14-4-3-5-15(2)24(14)21(25)19-12-20-18(10-11-26-20)23(19)13-16-6-8-17(22)9-7-16/h6-12,14-15H,3-5,13H2,1-2H3/t14-,15-/m0/s1. The molecule has 0 saturated carbocycles. The molecule has 0 spiro atoms. The molecule has 1 aromatic carbocycles. The highest BCUT2D eigenvalue weighted by Crippen LogP contribution is 2.30. The second-order valence-electron chi connectivity index (χ2n) is 7.25. The van der Waals surface area contributed by atoms with Crippen molar-refractivity contribution in [3.8, 4) is 0 Å². The SMILES string of the molecule is C[C@H]1CCC[C@H](C)N1C(=O)c1cc2sccc2n1Cc1ccc(F)cc1. The number of likely N-dealkylation sites (tertiary alicyclic amines) is 1. The first-order chi connectivity index (χ1) is 12.5. The summed E-state index contributed by atoms with van der Waals surface area (Å²) < 4.78 is 16.4. The van der Waals surface area contributed by atoms with E-state index in [-0.39, 0.29) is 23.8 Å². The fourth-order valence-corrected chi connectivity index (χ4v) is 4.87. The number of nitrogens with zero attached hydrogens (tertiary/aromatic N) is 2. The van der Waals surface area contributed by atoms with Gasteiger partial charge in [-0.25, -0.2) is 4.39 Å². The zero-order chi connectivity index (χ0) is 18.3. The highest BCUT2D eigenvalue weighted by molar-refractivity contribution is 7.17. The van der Waals surface area contributed by atoms with Gasteiger partial charge in [-0.3, -0.25) is 4.79 Å². The van der Waals surface area contributed by atoms with E-state index in [9.17, 15) is 9.18 Å². The van der Waals surface area contributed by atoms with Crippen molar-refractivity contribution in [2.75, 3.05) is 0 Å². The zero-order valence-electron chi connectivity index (χ0n) is 15.1. The van der Waals surface area contributed by atoms with E-state index in [1.807, 2.05) is 16.3 Å². The lowest BCUT2D eigenvalue weighted by Crippen LogP contribution is -2.48. The molecule has 2 atom stereocenters. The summed E-state index contributed by atoms with van der Waals surface area (Å²) in [7, 11) is 0. The quantitative estimate of drug-likeness (QED) is 0.615. The van der Waals surface area contributed by atoms with Gasteiger partial charge in [0.15, 0.2) is 0 Å². The lowest BCUT2D eigenvalue weighted by atomic mass is 9.97. The van der Waals surface area contributed by atoms with E-state index in [0.29, 0.717) is 6.54 Å². The summed E-state index contributed by atoms with van der Waals surface area (Å²) >= 11 is 1.65. The Bertz CT molecular complexity index is 917. The molecule has 0 unspecified atom stereocenters. The fraction of sp³-hybridized carbons (Fsp3) is 0.381. The highest BCUT2D eigenvalue weighted by atomic mass is 32.1. The molecule has 3 nitrogen and oxygen atoms in total. The van der Waals surface area contributed by atoms with Gasteiger partial charge in [0.2, 0.25) is 0 Å². The van der Waals surface area contributed by atoms with Crippen molar-refractivity contribution < 1.29 is 9.18 Å². The van der Waals surface area contributed by atoms with Crippen LogP contribution in [-0.2, 0) is 6.54 Å². The molecule has 1 aliphatic rings. The Balaban J connectivity index is 1.73. The van der Waals surface area contributed by atoms with E-state index in [0.717, 1.165) is 34.3 Å². The van der Waals surface area contributed by atoms with E-state index in [2.05, 4.69) is 24.5 Å². The predicted molar refractivity (Wildman–Crippen MR) is 104 cm³/mol. The van der Waals surface area contributed by atoms with E-state index >= 15 is 0 Å². The van der Waals surface area contributed by atoms with Crippen LogP contribution in [0.5, 0.6) is 0 Å². The number of aromatic nitrogens is 1. The van der Waals surface area contributed by atoms with Gasteiger partial charge in [0, 0.05) is 18.6 Å². The number of hydrogen-bond acceptors (Lipinski definition) is 2. The number of benzene rings is 1. The third kappa shape index (κ3) is 3.05. The van der Waals surface area contributed by atoms with Gasteiger partial charge >= 0.3 is 0 Å². The average molecular weight is 370 g/mol. The molecule has 0 N–H and O–H groups in total. The van der Waals surface area contributed by atoms with Crippen molar-refractivity contribution in [3.63, 3.8) is 0 Å². The molecule has 3 aromatic rings. The van der Waals surface area contributed by atoms with Crippen LogP contribution in [0.4, 0.5) is 4.39 Å². The number of carbonyl (C=O) groups is 1. The third-order valence-electron chi connectivity index (χ3n) is 5.42. The van der Waals surface area contributed by atoms with Crippen molar-refractivity contribution in [1.29, 1.82) is 0 Å². The third-order valence-corrected chi connectivity index (χ3v) is 6.28. The number of carbonyl (C=O) groups excluding carboxylic acids is 1. The molecule has 1 fully saturated rings. The van der Waals surface area contributed by atoms with Crippen LogP contribution in [0.15, 0.2) is 41.8 Å². The predicted octanol–water partition coefficient (Wildman–Crippen LogP) is 5.29. The van der Waals surface area contributed by atoms with E-state index in [4.69, 9.17) is 0 Å². The maximum atomic E-state index is 13.4. The van der Waals surface area contributed by atoms with Crippen LogP contribution in [0.1, 0.15) is 49.2 Å². The molecule has 1 aliphatic heterocycles. The topological polar surface area (TPSA) is 25.2 Å². The molecule has 0 aliphatic carbocycles. The van der Waals surface area contributed by atoms with Crippen LogP contribution in [0.25, 0.3) is 10.2 Å².